The van der Waals surface area contributed by atoms with Gasteiger partial charge in [-0.05, 0) is 27.2 Å². The molecular weight excluding hydrogens is 350 g/mol. The summed E-state index contributed by atoms with van der Waals surface area (Å²) in [5, 5.41) is 2.85. The number of aryl methyl sites for hydroxylation is 1. The van der Waals surface area contributed by atoms with Crippen LogP contribution in [0.1, 0.15) is 49.9 Å². The monoisotopic (exact) mass is 377 g/mol. The Bertz CT molecular complexity index is 769. The van der Waals surface area contributed by atoms with Crippen LogP contribution in [-0.4, -0.2) is 59.2 Å². The lowest BCUT2D eigenvalue weighted by molar-refractivity contribution is -0.135. The molecule has 0 aromatic carbocycles. The van der Waals surface area contributed by atoms with Crippen LogP contribution in [0.25, 0.3) is 0 Å². The highest BCUT2D eigenvalue weighted by molar-refractivity contribution is 5.96. The molecule has 3 amide bonds. The molecule has 1 aromatic rings. The van der Waals surface area contributed by atoms with Crippen LogP contribution < -0.4 is 10.7 Å². The zero-order valence-corrected chi connectivity index (χ0v) is 16.3. The third-order valence-electron chi connectivity index (χ3n) is 4.71. The molecule has 148 valence electrons. The second-order valence-corrected chi connectivity index (χ2v) is 6.61. The van der Waals surface area contributed by atoms with E-state index in [2.05, 4.69) is 5.32 Å². The van der Waals surface area contributed by atoms with Gasteiger partial charge in [0.1, 0.15) is 11.8 Å². The number of hydrogen-bond acceptors (Lipinski definition) is 5. The quantitative estimate of drug-likeness (QED) is 0.795. The molecule has 1 aliphatic rings. The van der Waals surface area contributed by atoms with Gasteiger partial charge in [0.2, 0.25) is 11.8 Å². The van der Waals surface area contributed by atoms with Gasteiger partial charge in [-0.15, -0.1) is 0 Å². The summed E-state index contributed by atoms with van der Waals surface area (Å²) in [6.07, 6.45) is 0.661. The Kier molecular flexibility index (Phi) is 6.76. The summed E-state index contributed by atoms with van der Waals surface area (Å²) in [6, 6.07) is 1.41. The summed E-state index contributed by atoms with van der Waals surface area (Å²) in [6.45, 7) is 8.33. The maximum atomic E-state index is 13.0. The van der Waals surface area contributed by atoms with Crippen molar-refractivity contribution in [1.29, 1.82) is 0 Å². The minimum absolute atomic E-state index is 0.0974. The second kappa shape index (κ2) is 8.83. The number of hydrogen-bond donors (Lipinski definition) is 1. The number of amides is 3. The first kappa shape index (κ1) is 20.7. The summed E-state index contributed by atoms with van der Waals surface area (Å²) in [5.41, 5.74) is -0.330. The molecule has 1 fully saturated rings. The van der Waals surface area contributed by atoms with E-state index in [0.717, 1.165) is 6.07 Å². The summed E-state index contributed by atoms with van der Waals surface area (Å²) in [5.74, 6) is -0.594. The van der Waals surface area contributed by atoms with Crippen molar-refractivity contribution in [3.05, 3.63) is 33.9 Å². The van der Waals surface area contributed by atoms with E-state index >= 15 is 0 Å². The van der Waals surface area contributed by atoms with Crippen molar-refractivity contribution in [1.82, 2.24) is 15.1 Å². The molecule has 1 aromatic heterocycles. The van der Waals surface area contributed by atoms with Crippen LogP contribution >= 0.6 is 0 Å². The van der Waals surface area contributed by atoms with Crippen LogP contribution in [0.5, 0.6) is 0 Å². The predicted octanol–water partition coefficient (Wildman–Crippen LogP) is 0.926. The smallest absolute Gasteiger partial charge is 0.290 e. The molecule has 2 heterocycles. The average Bonchev–Trinajstić information content (AvgIpc) is 3.04. The number of nitrogens with one attached hydrogen (secondary N) is 1. The van der Waals surface area contributed by atoms with Gasteiger partial charge in [0.15, 0.2) is 11.2 Å². The van der Waals surface area contributed by atoms with E-state index in [0.29, 0.717) is 31.7 Å². The van der Waals surface area contributed by atoms with Gasteiger partial charge in [-0.3, -0.25) is 19.2 Å². The van der Waals surface area contributed by atoms with E-state index in [-0.39, 0.29) is 35.6 Å². The average molecular weight is 377 g/mol. The van der Waals surface area contributed by atoms with Gasteiger partial charge < -0.3 is 19.5 Å². The highest BCUT2D eigenvalue weighted by atomic mass is 16.3. The first-order valence-corrected chi connectivity index (χ1v) is 9.31. The minimum Gasteiger partial charge on any atom is -0.456 e. The van der Waals surface area contributed by atoms with Crippen LogP contribution in [0.2, 0.25) is 0 Å². The first-order chi connectivity index (χ1) is 12.8. The molecular formula is C19H27N3O5. The molecule has 0 radical (unpaired) electrons. The summed E-state index contributed by atoms with van der Waals surface area (Å²) in [7, 11) is 0. The Labute approximate surface area is 158 Å². The first-order valence-electron chi connectivity index (χ1n) is 9.31. The Hall–Kier alpha value is -2.64. The van der Waals surface area contributed by atoms with E-state index in [9.17, 15) is 19.2 Å². The lowest BCUT2D eigenvalue weighted by atomic mass is 10.1. The van der Waals surface area contributed by atoms with Crippen molar-refractivity contribution >= 4 is 17.7 Å². The molecule has 0 aliphatic carbocycles. The highest BCUT2D eigenvalue weighted by Crippen LogP contribution is 2.23. The van der Waals surface area contributed by atoms with Crippen molar-refractivity contribution in [2.75, 3.05) is 19.6 Å². The predicted molar refractivity (Wildman–Crippen MR) is 99.3 cm³/mol. The fourth-order valence-corrected chi connectivity index (χ4v) is 3.33. The van der Waals surface area contributed by atoms with Crippen molar-refractivity contribution in [2.24, 2.45) is 0 Å². The third-order valence-corrected chi connectivity index (χ3v) is 4.71. The molecule has 27 heavy (non-hydrogen) atoms. The molecule has 8 nitrogen and oxygen atoms in total. The fourth-order valence-electron chi connectivity index (χ4n) is 3.33. The number of nitrogens with zero attached hydrogens (tertiary/aromatic N) is 2. The SMILES string of the molecule is CCC(=O)N[C@@H]1C[C@@H](C(=O)N(CC)CC)N(C(=O)c2cc(=O)cc(C)o2)C1. The molecule has 0 bridgehead atoms. The maximum Gasteiger partial charge on any atom is 0.290 e. The third kappa shape index (κ3) is 4.75. The van der Waals surface area contributed by atoms with Crippen LogP contribution in [0.15, 0.2) is 21.3 Å². The summed E-state index contributed by atoms with van der Waals surface area (Å²) >= 11 is 0. The molecule has 2 atom stereocenters. The van der Waals surface area contributed by atoms with Crippen molar-refractivity contribution in [2.45, 2.75) is 52.6 Å². The van der Waals surface area contributed by atoms with Crippen LogP contribution in [0, 0.1) is 6.92 Å². The fraction of sp³-hybridized carbons (Fsp3) is 0.579. The highest BCUT2D eigenvalue weighted by Gasteiger charge is 2.42. The minimum atomic E-state index is -0.703. The lowest BCUT2D eigenvalue weighted by Crippen LogP contribution is -2.47. The maximum absolute atomic E-state index is 13.0. The Morgan fingerprint density at radius 2 is 1.89 bits per heavy atom. The second-order valence-electron chi connectivity index (χ2n) is 6.61. The van der Waals surface area contributed by atoms with Gasteiger partial charge in [-0.2, -0.15) is 0 Å². The van der Waals surface area contributed by atoms with E-state index in [4.69, 9.17) is 4.42 Å². The molecule has 1 saturated heterocycles. The van der Waals surface area contributed by atoms with Crippen LogP contribution in [-0.2, 0) is 9.59 Å². The molecule has 1 aliphatic heterocycles. The Morgan fingerprint density at radius 1 is 1.22 bits per heavy atom. The van der Waals surface area contributed by atoms with Crippen molar-refractivity contribution in [3.8, 4) is 0 Å². The van der Waals surface area contributed by atoms with Gasteiger partial charge >= 0.3 is 0 Å². The lowest BCUT2D eigenvalue weighted by Gasteiger charge is -2.28. The van der Waals surface area contributed by atoms with Gasteiger partial charge in [0.05, 0.1) is 0 Å². The topological polar surface area (TPSA) is 99.9 Å². The zero-order chi connectivity index (χ0) is 20.1. The zero-order valence-electron chi connectivity index (χ0n) is 16.3. The largest absolute Gasteiger partial charge is 0.456 e. The van der Waals surface area contributed by atoms with Crippen LogP contribution in [0.3, 0.4) is 0 Å². The van der Waals surface area contributed by atoms with E-state index in [1.807, 2.05) is 13.8 Å². The van der Waals surface area contributed by atoms with Gasteiger partial charge in [0, 0.05) is 44.2 Å². The normalized spacial score (nSPS) is 19.0. The molecule has 0 spiro atoms. The standard InChI is InChI=1S/C19H27N3O5/c1-5-17(24)20-13-9-15(18(25)21(6-2)7-3)22(11-13)19(26)16-10-14(23)8-12(4)27-16/h8,10,13,15H,5-7,9,11H2,1-4H3,(H,20,24)/t13-,15+/m1/s1. The Balaban J connectivity index is 2.32. The van der Waals surface area contributed by atoms with Gasteiger partial charge in [-0.25, -0.2) is 0 Å². The summed E-state index contributed by atoms with van der Waals surface area (Å²) in [4.78, 5) is 52.4. The number of carbonyl (C=O) groups is 3. The van der Waals surface area contributed by atoms with Crippen LogP contribution in [0.4, 0.5) is 0 Å². The number of likely N-dealkylation sites (N-methyl/N-ethyl adjacent to an activating group) is 1. The number of rotatable bonds is 6. The van der Waals surface area contributed by atoms with Gasteiger partial charge in [-0.1, -0.05) is 6.92 Å². The van der Waals surface area contributed by atoms with E-state index < -0.39 is 11.9 Å². The molecule has 0 saturated carbocycles. The summed E-state index contributed by atoms with van der Waals surface area (Å²) < 4.78 is 5.41. The molecule has 0 unspecified atom stereocenters. The van der Waals surface area contributed by atoms with Crippen molar-refractivity contribution in [3.63, 3.8) is 0 Å². The molecule has 2 rings (SSSR count). The van der Waals surface area contributed by atoms with Crippen molar-refractivity contribution < 1.29 is 18.8 Å². The van der Waals surface area contributed by atoms with Gasteiger partial charge in [0.25, 0.3) is 5.91 Å². The Morgan fingerprint density at radius 3 is 2.44 bits per heavy atom. The molecule has 8 heteroatoms. The molecule has 1 N–H and O–H groups in total. The number of likely N-dealkylation sites (tertiary alicyclic amines) is 1. The number of carbonyl (C=O) groups excluding carboxylic acids is 3. The van der Waals surface area contributed by atoms with E-state index in [1.54, 1.807) is 18.7 Å². The van der Waals surface area contributed by atoms with E-state index in [1.165, 1.54) is 11.0 Å².